The molecule has 1 amide bonds. The zero-order chi connectivity index (χ0) is 18.2. The molecule has 1 saturated heterocycles. The van der Waals surface area contributed by atoms with Crippen LogP contribution in [0.25, 0.3) is 0 Å². The average Bonchev–Trinajstić information content (AvgIpc) is 2.61. The van der Waals surface area contributed by atoms with Gasteiger partial charge in [-0.25, -0.2) is 4.79 Å². The molecule has 1 aliphatic rings. The van der Waals surface area contributed by atoms with E-state index in [4.69, 9.17) is 15.9 Å². The van der Waals surface area contributed by atoms with Crippen LogP contribution >= 0.6 is 0 Å². The maximum atomic E-state index is 12.1. The molecule has 0 unspecified atom stereocenters. The van der Waals surface area contributed by atoms with E-state index in [1.54, 1.807) is 11.0 Å². The highest BCUT2D eigenvalue weighted by atomic mass is 16.6. The van der Waals surface area contributed by atoms with Gasteiger partial charge in [0.25, 0.3) is 0 Å². The summed E-state index contributed by atoms with van der Waals surface area (Å²) < 4.78 is 5.37. The van der Waals surface area contributed by atoms with Crippen LogP contribution in [0.4, 0.5) is 4.79 Å². The van der Waals surface area contributed by atoms with Crippen LogP contribution in [-0.2, 0) is 11.3 Å². The fourth-order valence-electron chi connectivity index (χ4n) is 2.63. The Morgan fingerprint density at radius 1 is 1.36 bits per heavy atom. The van der Waals surface area contributed by atoms with Gasteiger partial charge in [-0.05, 0) is 30.4 Å². The normalized spacial score (nSPS) is 16.0. The molecular formula is C19H28N4O2. The van der Waals surface area contributed by atoms with E-state index in [2.05, 4.69) is 5.32 Å². The van der Waals surface area contributed by atoms with E-state index in [1.807, 2.05) is 44.2 Å². The highest BCUT2D eigenvalue weighted by molar-refractivity contribution is 5.94. The van der Waals surface area contributed by atoms with Crippen LogP contribution in [0.3, 0.4) is 0 Å². The number of ether oxygens (including phenoxy) is 1. The monoisotopic (exact) mass is 344 g/mol. The zero-order valence-corrected chi connectivity index (χ0v) is 15.0. The van der Waals surface area contributed by atoms with Crippen molar-refractivity contribution >= 4 is 11.8 Å². The second-order valence-electron chi connectivity index (χ2n) is 6.66. The van der Waals surface area contributed by atoms with Crippen molar-refractivity contribution in [3.05, 3.63) is 47.8 Å². The molecule has 6 heteroatoms. The summed E-state index contributed by atoms with van der Waals surface area (Å²) in [6, 6.07) is 9.88. The first-order valence-corrected chi connectivity index (χ1v) is 8.73. The minimum atomic E-state index is -0.271. The first kappa shape index (κ1) is 18.8. The van der Waals surface area contributed by atoms with Crippen LogP contribution in [0.1, 0.15) is 32.3 Å². The fourth-order valence-corrected chi connectivity index (χ4v) is 2.63. The van der Waals surface area contributed by atoms with E-state index in [0.29, 0.717) is 31.2 Å². The number of likely N-dealkylation sites (tertiary alicyclic amines) is 1. The number of piperidine rings is 1. The number of carbonyl (C=O) groups excluding carboxylic acids is 1. The number of hydrogen-bond acceptors (Lipinski definition) is 5. The van der Waals surface area contributed by atoms with Crippen LogP contribution in [0.2, 0.25) is 0 Å². The molecule has 1 aromatic rings. The quantitative estimate of drug-likeness (QED) is 0.692. The number of carbonyl (C=O) groups is 1. The Morgan fingerprint density at radius 2 is 2.00 bits per heavy atom. The summed E-state index contributed by atoms with van der Waals surface area (Å²) in [5.74, 6) is 0.672. The van der Waals surface area contributed by atoms with Gasteiger partial charge in [0, 0.05) is 24.8 Å². The van der Waals surface area contributed by atoms with E-state index in [0.717, 1.165) is 18.4 Å². The summed E-state index contributed by atoms with van der Waals surface area (Å²) in [7, 11) is 0. The van der Waals surface area contributed by atoms with Gasteiger partial charge in [-0.15, -0.1) is 0 Å². The molecule has 136 valence electrons. The molecule has 0 atom stereocenters. The third kappa shape index (κ3) is 6.14. The SMILES string of the molecule is CC(C)C(=N)/C=C(/N)NC1CCN(C(=O)OCc2ccccc2)CC1. The number of rotatable bonds is 6. The van der Waals surface area contributed by atoms with Crippen LogP contribution in [0.15, 0.2) is 42.2 Å². The Labute approximate surface area is 149 Å². The minimum Gasteiger partial charge on any atom is -0.445 e. The van der Waals surface area contributed by atoms with Gasteiger partial charge >= 0.3 is 6.09 Å². The first-order chi connectivity index (χ1) is 12.0. The average molecular weight is 344 g/mol. The second kappa shape index (κ2) is 9.11. The Hall–Kier alpha value is -2.50. The molecule has 0 saturated carbocycles. The van der Waals surface area contributed by atoms with Crippen molar-refractivity contribution in [2.45, 2.75) is 39.3 Å². The van der Waals surface area contributed by atoms with Gasteiger partial charge in [-0.2, -0.15) is 0 Å². The van der Waals surface area contributed by atoms with Gasteiger partial charge < -0.3 is 26.1 Å². The summed E-state index contributed by atoms with van der Waals surface area (Å²) in [4.78, 5) is 13.9. The molecule has 0 spiro atoms. The second-order valence-corrected chi connectivity index (χ2v) is 6.66. The van der Waals surface area contributed by atoms with Gasteiger partial charge in [-0.1, -0.05) is 44.2 Å². The van der Waals surface area contributed by atoms with Crippen molar-refractivity contribution < 1.29 is 9.53 Å². The molecule has 25 heavy (non-hydrogen) atoms. The van der Waals surface area contributed by atoms with E-state index in [-0.39, 0.29) is 18.1 Å². The Kier molecular flexibility index (Phi) is 6.86. The number of allylic oxidation sites excluding steroid dienone is 1. The summed E-state index contributed by atoms with van der Waals surface area (Å²) in [5.41, 5.74) is 7.44. The molecule has 0 aromatic heterocycles. The highest BCUT2D eigenvalue weighted by Gasteiger charge is 2.23. The molecule has 1 aliphatic heterocycles. The molecule has 4 N–H and O–H groups in total. The van der Waals surface area contributed by atoms with Gasteiger partial charge in [0.1, 0.15) is 6.61 Å². The van der Waals surface area contributed by atoms with Gasteiger partial charge in [0.2, 0.25) is 0 Å². The lowest BCUT2D eigenvalue weighted by atomic mass is 10.0. The number of amides is 1. The van der Waals surface area contributed by atoms with Crippen LogP contribution in [0.5, 0.6) is 0 Å². The molecule has 0 bridgehead atoms. The highest BCUT2D eigenvalue weighted by Crippen LogP contribution is 2.13. The molecule has 1 fully saturated rings. The summed E-state index contributed by atoms with van der Waals surface area (Å²) >= 11 is 0. The van der Waals surface area contributed by atoms with Crippen molar-refractivity contribution in [3.8, 4) is 0 Å². The maximum Gasteiger partial charge on any atom is 0.410 e. The third-order valence-electron chi connectivity index (χ3n) is 4.26. The van der Waals surface area contributed by atoms with Gasteiger partial charge in [0.15, 0.2) is 0 Å². The molecule has 1 heterocycles. The van der Waals surface area contributed by atoms with Crippen LogP contribution < -0.4 is 11.1 Å². The lowest BCUT2D eigenvalue weighted by Crippen LogP contribution is -2.45. The van der Waals surface area contributed by atoms with E-state index < -0.39 is 0 Å². The maximum absolute atomic E-state index is 12.1. The van der Waals surface area contributed by atoms with E-state index >= 15 is 0 Å². The van der Waals surface area contributed by atoms with E-state index in [1.165, 1.54) is 0 Å². The predicted molar refractivity (Wildman–Crippen MR) is 99.2 cm³/mol. The van der Waals surface area contributed by atoms with Gasteiger partial charge in [0.05, 0.1) is 5.82 Å². The van der Waals surface area contributed by atoms with Crippen molar-refractivity contribution in [2.75, 3.05) is 13.1 Å². The van der Waals surface area contributed by atoms with Crippen molar-refractivity contribution in [1.29, 1.82) is 5.41 Å². The van der Waals surface area contributed by atoms with Crippen molar-refractivity contribution in [2.24, 2.45) is 11.7 Å². The third-order valence-corrected chi connectivity index (χ3v) is 4.26. The van der Waals surface area contributed by atoms with Crippen LogP contribution in [0, 0.1) is 11.3 Å². The number of nitrogens with two attached hydrogens (primary N) is 1. The molecule has 0 radical (unpaired) electrons. The number of benzene rings is 1. The minimum absolute atomic E-state index is 0.154. The summed E-state index contributed by atoms with van der Waals surface area (Å²) in [6.45, 7) is 5.50. The molecule has 6 nitrogen and oxygen atoms in total. The topological polar surface area (TPSA) is 91.4 Å². The Balaban J connectivity index is 1.73. The van der Waals surface area contributed by atoms with Gasteiger partial charge in [-0.3, -0.25) is 0 Å². The largest absolute Gasteiger partial charge is 0.445 e. The zero-order valence-electron chi connectivity index (χ0n) is 15.0. The first-order valence-electron chi connectivity index (χ1n) is 8.73. The lowest BCUT2D eigenvalue weighted by Gasteiger charge is -2.32. The molecule has 0 aliphatic carbocycles. The predicted octanol–water partition coefficient (Wildman–Crippen LogP) is 2.85. The Morgan fingerprint density at radius 3 is 2.60 bits per heavy atom. The number of hydrogen-bond donors (Lipinski definition) is 3. The Bertz CT molecular complexity index is 605. The van der Waals surface area contributed by atoms with Crippen molar-refractivity contribution in [1.82, 2.24) is 10.2 Å². The molecule has 2 rings (SSSR count). The smallest absolute Gasteiger partial charge is 0.410 e. The van der Waals surface area contributed by atoms with Crippen molar-refractivity contribution in [3.63, 3.8) is 0 Å². The standard InChI is InChI=1S/C19H28N4O2/c1-14(2)17(20)12-18(21)22-16-8-10-23(11-9-16)19(24)25-13-15-6-4-3-5-7-15/h3-7,12,14,16,20,22H,8-11,13,21H2,1-2H3/b18-12-,20-17?. The van der Waals surface area contributed by atoms with E-state index in [9.17, 15) is 4.79 Å². The summed E-state index contributed by atoms with van der Waals surface area (Å²) in [5, 5.41) is 11.1. The molecule has 1 aromatic carbocycles. The lowest BCUT2D eigenvalue weighted by molar-refractivity contribution is 0.0859. The number of nitrogens with zero attached hydrogens (tertiary/aromatic N) is 1. The molecular weight excluding hydrogens is 316 g/mol. The van der Waals surface area contributed by atoms with Crippen LogP contribution in [-0.4, -0.2) is 35.8 Å². The summed E-state index contributed by atoms with van der Waals surface area (Å²) in [6.07, 6.45) is 3.02. The number of nitrogens with one attached hydrogen (secondary N) is 2. The fraction of sp³-hybridized carbons (Fsp3) is 0.474.